The minimum atomic E-state index is -0.768. The van der Waals surface area contributed by atoms with Gasteiger partial charge in [-0.3, -0.25) is 9.78 Å². The third kappa shape index (κ3) is 5.66. The Morgan fingerprint density at radius 3 is 2.57 bits per heavy atom. The quantitative estimate of drug-likeness (QED) is 0.801. The van der Waals surface area contributed by atoms with Gasteiger partial charge in [-0.15, -0.1) is 0 Å². The molecule has 0 spiro atoms. The molecule has 0 radical (unpaired) electrons. The number of aliphatic carboxylic acids is 1. The Hall–Kier alpha value is -1.91. The number of nitrogens with zero attached hydrogens (tertiary/aromatic N) is 2. The van der Waals surface area contributed by atoms with E-state index in [1.54, 1.807) is 6.20 Å². The van der Waals surface area contributed by atoms with Gasteiger partial charge in [0.05, 0.1) is 6.42 Å². The summed E-state index contributed by atoms with van der Waals surface area (Å²) < 4.78 is 0. The molecule has 0 aliphatic carbocycles. The third-order valence-electron chi connectivity index (χ3n) is 3.82. The summed E-state index contributed by atoms with van der Waals surface area (Å²) in [4.78, 5) is 17.2. The van der Waals surface area contributed by atoms with Crippen molar-refractivity contribution in [2.75, 3.05) is 20.1 Å². The van der Waals surface area contributed by atoms with Crippen LogP contribution >= 0.6 is 11.6 Å². The SMILES string of the molecule is CN(CCC(=O)O)CCC(c1ccc(Cl)cc1)c1ccccn1. The highest BCUT2D eigenvalue weighted by atomic mass is 35.5. The van der Waals surface area contributed by atoms with E-state index in [0.29, 0.717) is 11.6 Å². The van der Waals surface area contributed by atoms with Gasteiger partial charge in [-0.2, -0.15) is 0 Å². The Labute approximate surface area is 141 Å². The maximum absolute atomic E-state index is 10.7. The first-order chi connectivity index (χ1) is 11.1. The Bertz CT molecular complexity index is 617. The van der Waals surface area contributed by atoms with Crippen LogP contribution in [-0.4, -0.2) is 41.1 Å². The molecule has 0 aliphatic rings. The van der Waals surface area contributed by atoms with E-state index < -0.39 is 5.97 Å². The first-order valence-electron chi connectivity index (χ1n) is 7.63. The minimum absolute atomic E-state index is 0.158. The number of rotatable bonds is 8. The summed E-state index contributed by atoms with van der Waals surface area (Å²) in [5, 5.41) is 9.49. The van der Waals surface area contributed by atoms with Crippen LogP contribution in [0.3, 0.4) is 0 Å². The molecule has 0 saturated heterocycles. The van der Waals surface area contributed by atoms with Gasteiger partial charge >= 0.3 is 5.97 Å². The predicted octanol–water partition coefficient (Wildman–Crippen LogP) is 3.66. The van der Waals surface area contributed by atoms with Gasteiger partial charge < -0.3 is 10.0 Å². The number of hydrogen-bond donors (Lipinski definition) is 1. The molecule has 122 valence electrons. The number of benzene rings is 1. The van der Waals surface area contributed by atoms with Gasteiger partial charge in [-0.05, 0) is 49.8 Å². The van der Waals surface area contributed by atoms with Gasteiger partial charge in [0.25, 0.3) is 0 Å². The Morgan fingerprint density at radius 1 is 1.22 bits per heavy atom. The summed E-state index contributed by atoms with van der Waals surface area (Å²) >= 11 is 5.98. The smallest absolute Gasteiger partial charge is 0.304 e. The molecule has 5 heteroatoms. The molecule has 2 rings (SSSR count). The zero-order valence-corrected chi connectivity index (χ0v) is 13.9. The second-order valence-corrected chi connectivity index (χ2v) is 6.03. The summed E-state index contributed by atoms with van der Waals surface area (Å²) in [6, 6.07) is 13.7. The van der Waals surface area contributed by atoms with Crippen LogP contribution in [0, 0.1) is 0 Å². The second-order valence-electron chi connectivity index (χ2n) is 5.59. The fourth-order valence-corrected chi connectivity index (χ4v) is 2.64. The zero-order valence-electron chi connectivity index (χ0n) is 13.2. The van der Waals surface area contributed by atoms with Crippen molar-refractivity contribution in [1.29, 1.82) is 0 Å². The molecule has 0 bridgehead atoms. The number of pyridine rings is 1. The highest BCUT2D eigenvalue weighted by molar-refractivity contribution is 6.30. The molecule has 1 atom stereocenters. The normalized spacial score (nSPS) is 12.3. The average Bonchev–Trinajstić information content (AvgIpc) is 2.55. The number of aromatic nitrogens is 1. The van der Waals surface area contributed by atoms with Gasteiger partial charge in [0.15, 0.2) is 0 Å². The predicted molar refractivity (Wildman–Crippen MR) is 91.9 cm³/mol. The van der Waals surface area contributed by atoms with Crippen LogP contribution in [0.15, 0.2) is 48.7 Å². The largest absolute Gasteiger partial charge is 0.481 e. The van der Waals surface area contributed by atoms with Crippen molar-refractivity contribution in [3.05, 3.63) is 64.9 Å². The van der Waals surface area contributed by atoms with Gasteiger partial charge in [0, 0.05) is 29.4 Å². The van der Waals surface area contributed by atoms with Gasteiger partial charge in [-0.25, -0.2) is 0 Å². The van der Waals surface area contributed by atoms with Crippen molar-refractivity contribution in [3.63, 3.8) is 0 Å². The van der Waals surface area contributed by atoms with E-state index in [0.717, 1.165) is 18.7 Å². The summed E-state index contributed by atoms with van der Waals surface area (Å²) in [6.07, 6.45) is 2.83. The van der Waals surface area contributed by atoms with Crippen molar-refractivity contribution < 1.29 is 9.90 Å². The molecule has 1 N–H and O–H groups in total. The maximum Gasteiger partial charge on any atom is 0.304 e. The second kappa shape index (κ2) is 8.65. The molecule has 1 unspecified atom stereocenters. The van der Waals surface area contributed by atoms with Crippen LogP contribution in [0.5, 0.6) is 0 Å². The van der Waals surface area contributed by atoms with Crippen molar-refractivity contribution in [2.45, 2.75) is 18.8 Å². The average molecular weight is 333 g/mol. The maximum atomic E-state index is 10.7. The Balaban J connectivity index is 2.08. The van der Waals surface area contributed by atoms with Gasteiger partial charge in [0.2, 0.25) is 0 Å². The fourth-order valence-electron chi connectivity index (χ4n) is 2.51. The lowest BCUT2D eigenvalue weighted by Crippen LogP contribution is -2.24. The van der Waals surface area contributed by atoms with Crippen molar-refractivity contribution >= 4 is 17.6 Å². The van der Waals surface area contributed by atoms with Crippen molar-refractivity contribution in [3.8, 4) is 0 Å². The van der Waals surface area contributed by atoms with E-state index in [2.05, 4.69) is 4.98 Å². The van der Waals surface area contributed by atoms with E-state index in [1.807, 2.05) is 54.4 Å². The minimum Gasteiger partial charge on any atom is -0.481 e. The van der Waals surface area contributed by atoms with E-state index in [9.17, 15) is 4.79 Å². The molecule has 4 nitrogen and oxygen atoms in total. The number of carboxylic acid groups (broad SMARTS) is 1. The van der Waals surface area contributed by atoms with E-state index in [4.69, 9.17) is 16.7 Å². The van der Waals surface area contributed by atoms with Crippen LogP contribution in [-0.2, 0) is 4.79 Å². The number of carboxylic acids is 1. The summed E-state index contributed by atoms with van der Waals surface area (Å²) in [7, 11) is 1.94. The van der Waals surface area contributed by atoms with E-state index >= 15 is 0 Å². The highest BCUT2D eigenvalue weighted by Crippen LogP contribution is 2.27. The van der Waals surface area contributed by atoms with Gasteiger partial charge in [-0.1, -0.05) is 29.8 Å². The molecule has 1 aromatic heterocycles. The first-order valence-corrected chi connectivity index (χ1v) is 8.01. The zero-order chi connectivity index (χ0) is 16.7. The lowest BCUT2D eigenvalue weighted by atomic mass is 9.92. The van der Waals surface area contributed by atoms with Crippen LogP contribution in [0.2, 0.25) is 5.02 Å². The Morgan fingerprint density at radius 2 is 1.96 bits per heavy atom. The molecular weight excluding hydrogens is 312 g/mol. The first kappa shape index (κ1) is 17.4. The summed E-state index contributed by atoms with van der Waals surface area (Å²) in [5.74, 6) is -0.600. The molecule has 1 heterocycles. The number of hydrogen-bond acceptors (Lipinski definition) is 3. The summed E-state index contributed by atoms with van der Waals surface area (Å²) in [6.45, 7) is 1.35. The molecule has 23 heavy (non-hydrogen) atoms. The monoisotopic (exact) mass is 332 g/mol. The number of carbonyl (C=O) groups is 1. The third-order valence-corrected chi connectivity index (χ3v) is 4.08. The molecule has 1 aromatic carbocycles. The van der Waals surface area contributed by atoms with Crippen LogP contribution in [0.1, 0.15) is 30.0 Å². The van der Waals surface area contributed by atoms with Crippen LogP contribution in [0.25, 0.3) is 0 Å². The van der Waals surface area contributed by atoms with Crippen molar-refractivity contribution in [2.24, 2.45) is 0 Å². The van der Waals surface area contributed by atoms with Crippen LogP contribution in [0.4, 0.5) is 0 Å². The molecule has 0 saturated carbocycles. The molecule has 0 amide bonds. The topological polar surface area (TPSA) is 53.4 Å². The highest BCUT2D eigenvalue weighted by Gasteiger charge is 2.16. The van der Waals surface area contributed by atoms with Crippen molar-refractivity contribution in [1.82, 2.24) is 9.88 Å². The fraction of sp³-hybridized carbons (Fsp3) is 0.333. The lowest BCUT2D eigenvalue weighted by molar-refractivity contribution is -0.137. The molecule has 2 aromatic rings. The lowest BCUT2D eigenvalue weighted by Gasteiger charge is -2.21. The van der Waals surface area contributed by atoms with Crippen LogP contribution < -0.4 is 0 Å². The molecule has 0 fully saturated rings. The van der Waals surface area contributed by atoms with E-state index in [-0.39, 0.29) is 12.3 Å². The van der Waals surface area contributed by atoms with E-state index in [1.165, 1.54) is 5.56 Å². The van der Waals surface area contributed by atoms with Gasteiger partial charge in [0.1, 0.15) is 0 Å². The Kier molecular flexibility index (Phi) is 6.56. The number of halogens is 1. The summed E-state index contributed by atoms with van der Waals surface area (Å²) in [5.41, 5.74) is 2.18. The molecular formula is C18H21ClN2O2. The standard InChI is InChI=1S/C18H21ClN2O2/c1-21(13-10-18(22)23)12-9-16(17-4-2-3-11-20-17)14-5-7-15(19)8-6-14/h2-8,11,16H,9-10,12-13H2,1H3,(H,22,23). The molecule has 0 aliphatic heterocycles.